The van der Waals surface area contributed by atoms with Crippen LogP contribution in [0, 0.1) is 6.92 Å². The predicted molar refractivity (Wildman–Crippen MR) is 115 cm³/mol. The Bertz CT molecular complexity index is 1260. The van der Waals surface area contributed by atoms with E-state index in [2.05, 4.69) is 9.97 Å². The standard InChI is InChI=1S/C23H24F3N3O4/c1-12(32-15-9-7-14(8-10-15)21(31)33-22(3,4)5)16-11-17-19(28-18(16)23(24,25)26)27-13(2)29(6)20(17)30/h7-12H,1-6H3/t12-/m1/s1. The molecule has 33 heavy (non-hydrogen) atoms. The molecule has 10 heteroatoms. The quantitative estimate of drug-likeness (QED) is 0.520. The molecular formula is C23H24F3N3O4. The van der Waals surface area contributed by atoms with Crippen LogP contribution < -0.4 is 10.3 Å². The second kappa shape index (κ2) is 8.49. The van der Waals surface area contributed by atoms with E-state index in [0.29, 0.717) is 0 Å². The summed E-state index contributed by atoms with van der Waals surface area (Å²) in [6.07, 6.45) is -5.88. The van der Waals surface area contributed by atoms with Crippen molar-refractivity contribution in [3.8, 4) is 5.75 Å². The number of pyridine rings is 1. The average molecular weight is 463 g/mol. The minimum absolute atomic E-state index is 0.0400. The Kier molecular flexibility index (Phi) is 6.23. The number of aromatic nitrogens is 3. The van der Waals surface area contributed by atoms with Crippen LogP contribution in [0.2, 0.25) is 0 Å². The van der Waals surface area contributed by atoms with Gasteiger partial charge in [-0.3, -0.25) is 9.36 Å². The number of ether oxygens (including phenoxy) is 2. The Morgan fingerprint density at radius 2 is 1.70 bits per heavy atom. The first kappa shape index (κ1) is 24.2. The summed E-state index contributed by atoms with van der Waals surface area (Å²) in [5.41, 5.74) is -2.64. The van der Waals surface area contributed by atoms with Gasteiger partial charge in [-0.05, 0) is 65.0 Å². The lowest BCUT2D eigenvalue weighted by Crippen LogP contribution is -2.24. The SMILES string of the molecule is Cc1nc2nc(C(F)(F)F)c([C@@H](C)Oc3ccc(C(=O)OC(C)(C)C)cc3)cc2c(=O)n1C. The lowest BCUT2D eigenvalue weighted by Gasteiger charge is -2.21. The van der Waals surface area contributed by atoms with Gasteiger partial charge in [0.15, 0.2) is 11.3 Å². The van der Waals surface area contributed by atoms with Gasteiger partial charge in [0.1, 0.15) is 23.3 Å². The monoisotopic (exact) mass is 463 g/mol. The van der Waals surface area contributed by atoms with Crippen molar-refractivity contribution in [3.05, 3.63) is 63.3 Å². The molecule has 2 heterocycles. The van der Waals surface area contributed by atoms with Crippen LogP contribution in [-0.2, 0) is 18.0 Å². The highest BCUT2D eigenvalue weighted by molar-refractivity contribution is 5.89. The molecule has 7 nitrogen and oxygen atoms in total. The Balaban J connectivity index is 1.97. The number of rotatable bonds is 4. The minimum atomic E-state index is -4.78. The molecule has 176 valence electrons. The first-order chi connectivity index (χ1) is 15.2. The number of alkyl halides is 3. The lowest BCUT2D eigenvalue weighted by atomic mass is 10.1. The molecule has 0 saturated heterocycles. The summed E-state index contributed by atoms with van der Waals surface area (Å²) in [6, 6.07) is 6.96. The fourth-order valence-corrected chi connectivity index (χ4v) is 3.13. The number of halogens is 3. The number of aryl methyl sites for hydroxylation is 1. The van der Waals surface area contributed by atoms with E-state index in [4.69, 9.17) is 9.47 Å². The van der Waals surface area contributed by atoms with Gasteiger partial charge in [-0.1, -0.05) is 0 Å². The van der Waals surface area contributed by atoms with Crippen LogP contribution in [0.4, 0.5) is 13.2 Å². The zero-order valence-electron chi connectivity index (χ0n) is 19.1. The normalized spacial score (nSPS) is 13.1. The van der Waals surface area contributed by atoms with Gasteiger partial charge in [0.05, 0.1) is 10.9 Å². The van der Waals surface area contributed by atoms with Crippen molar-refractivity contribution in [2.75, 3.05) is 0 Å². The zero-order chi connectivity index (χ0) is 24.7. The number of benzene rings is 1. The van der Waals surface area contributed by atoms with Crippen LogP contribution >= 0.6 is 0 Å². The maximum Gasteiger partial charge on any atom is 0.433 e. The molecule has 3 rings (SSSR count). The van der Waals surface area contributed by atoms with E-state index in [0.717, 1.165) is 6.07 Å². The molecule has 2 aromatic heterocycles. The van der Waals surface area contributed by atoms with E-state index in [1.54, 1.807) is 20.8 Å². The van der Waals surface area contributed by atoms with Crippen LogP contribution in [-0.4, -0.2) is 26.1 Å². The Morgan fingerprint density at radius 3 is 2.24 bits per heavy atom. The van der Waals surface area contributed by atoms with Crippen molar-refractivity contribution in [1.82, 2.24) is 14.5 Å². The number of carbonyl (C=O) groups is 1. The van der Waals surface area contributed by atoms with E-state index in [1.807, 2.05) is 0 Å². The van der Waals surface area contributed by atoms with E-state index >= 15 is 0 Å². The van der Waals surface area contributed by atoms with Crippen molar-refractivity contribution in [3.63, 3.8) is 0 Å². The van der Waals surface area contributed by atoms with Crippen LogP contribution in [0.1, 0.15) is 61.2 Å². The van der Waals surface area contributed by atoms with Crippen LogP contribution in [0.3, 0.4) is 0 Å². The molecule has 3 aromatic rings. The highest BCUT2D eigenvalue weighted by Crippen LogP contribution is 2.36. The molecule has 0 N–H and O–H groups in total. The molecule has 0 aliphatic carbocycles. The number of hydrogen-bond donors (Lipinski definition) is 0. The second-order valence-electron chi connectivity index (χ2n) is 8.60. The molecule has 0 saturated carbocycles. The molecule has 0 radical (unpaired) electrons. The molecule has 1 aromatic carbocycles. The Hall–Kier alpha value is -3.43. The van der Waals surface area contributed by atoms with Gasteiger partial charge >= 0.3 is 12.1 Å². The molecule has 0 aliphatic heterocycles. The van der Waals surface area contributed by atoms with Crippen molar-refractivity contribution < 1.29 is 27.4 Å². The smallest absolute Gasteiger partial charge is 0.433 e. The van der Waals surface area contributed by atoms with E-state index in [9.17, 15) is 22.8 Å². The molecular weight excluding hydrogens is 439 g/mol. The Morgan fingerprint density at radius 1 is 1.09 bits per heavy atom. The number of hydrogen-bond acceptors (Lipinski definition) is 6. The highest BCUT2D eigenvalue weighted by atomic mass is 19.4. The molecule has 0 unspecified atom stereocenters. The van der Waals surface area contributed by atoms with E-state index in [1.165, 1.54) is 49.7 Å². The fourth-order valence-electron chi connectivity index (χ4n) is 3.13. The topological polar surface area (TPSA) is 83.3 Å². The minimum Gasteiger partial charge on any atom is -0.486 e. The predicted octanol–water partition coefficient (Wildman–Crippen LogP) is 4.75. The first-order valence-electron chi connectivity index (χ1n) is 10.1. The van der Waals surface area contributed by atoms with Gasteiger partial charge < -0.3 is 9.47 Å². The summed E-state index contributed by atoms with van der Waals surface area (Å²) in [5.74, 6) is -0.0490. The zero-order valence-corrected chi connectivity index (χ0v) is 19.1. The molecule has 0 spiro atoms. The van der Waals surface area contributed by atoms with Crippen LogP contribution in [0.15, 0.2) is 35.1 Å². The summed E-state index contributed by atoms with van der Waals surface area (Å²) in [5, 5.41) is -0.0400. The van der Waals surface area contributed by atoms with Gasteiger partial charge in [-0.25, -0.2) is 14.8 Å². The summed E-state index contributed by atoms with van der Waals surface area (Å²) in [7, 11) is 1.48. The molecule has 0 fully saturated rings. The lowest BCUT2D eigenvalue weighted by molar-refractivity contribution is -0.142. The third-order valence-corrected chi connectivity index (χ3v) is 4.83. The van der Waals surface area contributed by atoms with Gasteiger partial charge in [-0.15, -0.1) is 0 Å². The fraction of sp³-hybridized carbons (Fsp3) is 0.391. The molecule has 0 amide bonds. The number of esters is 1. The molecule has 1 atom stereocenters. The summed E-state index contributed by atoms with van der Waals surface area (Å²) in [6.45, 7) is 8.15. The van der Waals surface area contributed by atoms with E-state index in [-0.39, 0.29) is 33.7 Å². The van der Waals surface area contributed by atoms with Gasteiger partial charge in [0.25, 0.3) is 5.56 Å². The highest BCUT2D eigenvalue weighted by Gasteiger charge is 2.38. The molecule has 0 bridgehead atoms. The van der Waals surface area contributed by atoms with Gasteiger partial charge in [0, 0.05) is 12.6 Å². The summed E-state index contributed by atoms with van der Waals surface area (Å²) < 4.78 is 53.5. The van der Waals surface area contributed by atoms with Crippen molar-refractivity contribution in [2.45, 2.75) is 52.5 Å². The summed E-state index contributed by atoms with van der Waals surface area (Å²) in [4.78, 5) is 32.4. The van der Waals surface area contributed by atoms with Gasteiger partial charge in [0.2, 0.25) is 0 Å². The van der Waals surface area contributed by atoms with Crippen LogP contribution in [0.25, 0.3) is 11.0 Å². The molecule has 0 aliphatic rings. The average Bonchev–Trinajstić information content (AvgIpc) is 2.70. The maximum atomic E-state index is 13.8. The van der Waals surface area contributed by atoms with Crippen molar-refractivity contribution in [2.24, 2.45) is 7.05 Å². The third-order valence-electron chi connectivity index (χ3n) is 4.83. The Labute approximate surface area is 188 Å². The number of carbonyl (C=O) groups excluding carboxylic acids is 1. The van der Waals surface area contributed by atoms with Crippen LogP contribution in [0.5, 0.6) is 5.75 Å². The van der Waals surface area contributed by atoms with Crippen molar-refractivity contribution >= 4 is 17.0 Å². The maximum absolute atomic E-state index is 13.8. The van der Waals surface area contributed by atoms with E-state index < -0.39 is 35.1 Å². The second-order valence-corrected chi connectivity index (χ2v) is 8.60. The number of fused-ring (bicyclic) bond motifs is 1. The first-order valence-corrected chi connectivity index (χ1v) is 10.1. The summed E-state index contributed by atoms with van der Waals surface area (Å²) >= 11 is 0. The van der Waals surface area contributed by atoms with Gasteiger partial charge in [-0.2, -0.15) is 13.2 Å². The largest absolute Gasteiger partial charge is 0.486 e. The number of nitrogens with zero attached hydrogens (tertiary/aromatic N) is 3. The third kappa shape index (κ3) is 5.32. The van der Waals surface area contributed by atoms with Crippen molar-refractivity contribution in [1.29, 1.82) is 0 Å².